The van der Waals surface area contributed by atoms with Crippen molar-refractivity contribution in [1.82, 2.24) is 9.61 Å². The van der Waals surface area contributed by atoms with Crippen molar-refractivity contribution in [2.75, 3.05) is 0 Å². The minimum Gasteiger partial charge on any atom is -0.324 e. The van der Waals surface area contributed by atoms with E-state index in [0.717, 1.165) is 11.1 Å². The molecule has 0 fully saturated rings. The van der Waals surface area contributed by atoms with Crippen molar-refractivity contribution in [3.63, 3.8) is 0 Å². The van der Waals surface area contributed by atoms with Crippen LogP contribution in [0.5, 0.6) is 0 Å². The summed E-state index contributed by atoms with van der Waals surface area (Å²) in [5.74, 6) is 0. The third-order valence-corrected chi connectivity index (χ3v) is 1.94. The molecule has 0 saturated heterocycles. The van der Waals surface area contributed by atoms with Crippen LogP contribution in [0.4, 0.5) is 0 Å². The van der Waals surface area contributed by atoms with Crippen molar-refractivity contribution < 1.29 is 0 Å². The van der Waals surface area contributed by atoms with Gasteiger partial charge in [-0.05, 0) is 24.6 Å². The van der Waals surface area contributed by atoms with Crippen LogP contribution >= 0.6 is 0 Å². The van der Waals surface area contributed by atoms with E-state index >= 15 is 0 Å². The summed E-state index contributed by atoms with van der Waals surface area (Å²) in [6, 6.07) is 6.08. The van der Waals surface area contributed by atoms with Crippen molar-refractivity contribution in [3.8, 4) is 0 Å². The highest BCUT2D eigenvalue weighted by Gasteiger charge is 1.99. The number of nitrogens with two attached hydrogens (primary N) is 1. The molecule has 0 aromatic carbocycles. The molecule has 2 aromatic rings. The average molecular weight is 161 g/mol. The number of rotatable bonds is 1. The standard InChI is InChI=1S/C9H11N3/c1-7(10)8-2-3-9-4-5-11-12(9)6-8/h2-7H,10H2,1H3. The molecule has 2 aromatic heterocycles. The van der Waals surface area contributed by atoms with Gasteiger partial charge in [0.25, 0.3) is 0 Å². The lowest BCUT2D eigenvalue weighted by atomic mass is 10.1. The van der Waals surface area contributed by atoms with E-state index < -0.39 is 0 Å². The van der Waals surface area contributed by atoms with Gasteiger partial charge in [0.05, 0.1) is 5.52 Å². The van der Waals surface area contributed by atoms with Crippen LogP contribution in [0.25, 0.3) is 5.52 Å². The maximum absolute atomic E-state index is 5.73. The fourth-order valence-electron chi connectivity index (χ4n) is 1.20. The minimum absolute atomic E-state index is 0.0681. The number of aromatic nitrogens is 2. The Kier molecular flexibility index (Phi) is 1.59. The molecular weight excluding hydrogens is 150 g/mol. The minimum atomic E-state index is 0.0681. The first kappa shape index (κ1) is 7.31. The van der Waals surface area contributed by atoms with Crippen LogP contribution in [0.15, 0.2) is 30.6 Å². The second kappa shape index (κ2) is 2.60. The number of hydrogen-bond donors (Lipinski definition) is 1. The molecule has 1 unspecified atom stereocenters. The molecule has 2 N–H and O–H groups in total. The van der Waals surface area contributed by atoms with Crippen molar-refractivity contribution in [1.29, 1.82) is 0 Å². The molecule has 0 aliphatic rings. The van der Waals surface area contributed by atoms with Crippen LogP contribution in [0.2, 0.25) is 0 Å². The van der Waals surface area contributed by atoms with Gasteiger partial charge in [0.1, 0.15) is 0 Å². The molecule has 0 spiro atoms. The molecule has 2 heterocycles. The Bertz CT molecular complexity index is 389. The van der Waals surface area contributed by atoms with E-state index in [2.05, 4.69) is 5.10 Å². The lowest BCUT2D eigenvalue weighted by Gasteiger charge is -2.04. The number of fused-ring (bicyclic) bond motifs is 1. The van der Waals surface area contributed by atoms with Crippen LogP contribution in [0.3, 0.4) is 0 Å². The summed E-state index contributed by atoms with van der Waals surface area (Å²) in [7, 11) is 0. The largest absolute Gasteiger partial charge is 0.324 e. The van der Waals surface area contributed by atoms with Crippen molar-refractivity contribution in [2.45, 2.75) is 13.0 Å². The maximum Gasteiger partial charge on any atom is 0.0661 e. The molecule has 0 aliphatic heterocycles. The van der Waals surface area contributed by atoms with Gasteiger partial charge in [-0.25, -0.2) is 4.52 Å². The molecule has 3 heteroatoms. The Morgan fingerprint density at radius 3 is 3.00 bits per heavy atom. The van der Waals surface area contributed by atoms with Crippen LogP contribution in [0, 0.1) is 0 Å². The summed E-state index contributed by atoms with van der Waals surface area (Å²) in [5, 5.41) is 4.12. The van der Waals surface area contributed by atoms with Crippen LogP contribution in [-0.2, 0) is 0 Å². The smallest absolute Gasteiger partial charge is 0.0661 e. The molecule has 3 nitrogen and oxygen atoms in total. The Morgan fingerprint density at radius 2 is 2.25 bits per heavy atom. The molecule has 2 rings (SSSR count). The predicted octanol–water partition coefficient (Wildman–Crippen LogP) is 1.35. The van der Waals surface area contributed by atoms with Gasteiger partial charge in [0, 0.05) is 18.4 Å². The number of nitrogens with zero attached hydrogens (tertiary/aromatic N) is 2. The van der Waals surface area contributed by atoms with E-state index in [1.807, 2.05) is 35.8 Å². The summed E-state index contributed by atoms with van der Waals surface area (Å²) in [4.78, 5) is 0. The van der Waals surface area contributed by atoms with Gasteiger partial charge in [-0.15, -0.1) is 0 Å². The van der Waals surface area contributed by atoms with E-state index in [4.69, 9.17) is 5.73 Å². The highest BCUT2D eigenvalue weighted by molar-refractivity contribution is 5.46. The Hall–Kier alpha value is -1.35. The molecular formula is C9H11N3. The second-order valence-electron chi connectivity index (χ2n) is 2.95. The second-order valence-corrected chi connectivity index (χ2v) is 2.95. The van der Waals surface area contributed by atoms with E-state index in [-0.39, 0.29) is 6.04 Å². The maximum atomic E-state index is 5.73. The Balaban J connectivity index is 2.60. The summed E-state index contributed by atoms with van der Waals surface area (Å²) < 4.78 is 1.83. The first-order valence-electron chi connectivity index (χ1n) is 3.96. The monoisotopic (exact) mass is 161 g/mol. The highest BCUT2D eigenvalue weighted by atomic mass is 15.2. The first-order valence-corrected chi connectivity index (χ1v) is 3.96. The van der Waals surface area contributed by atoms with Gasteiger partial charge in [0.2, 0.25) is 0 Å². The first-order chi connectivity index (χ1) is 5.77. The molecule has 62 valence electrons. The molecule has 0 bridgehead atoms. The normalized spacial score (nSPS) is 13.5. The predicted molar refractivity (Wildman–Crippen MR) is 47.8 cm³/mol. The third-order valence-electron chi connectivity index (χ3n) is 1.94. The van der Waals surface area contributed by atoms with Crippen molar-refractivity contribution in [2.24, 2.45) is 5.73 Å². The lowest BCUT2D eigenvalue weighted by Crippen LogP contribution is -2.05. The Morgan fingerprint density at radius 1 is 1.42 bits per heavy atom. The van der Waals surface area contributed by atoms with Gasteiger partial charge in [-0.2, -0.15) is 5.10 Å². The quantitative estimate of drug-likeness (QED) is 0.686. The van der Waals surface area contributed by atoms with Crippen LogP contribution in [-0.4, -0.2) is 9.61 Å². The molecule has 0 radical (unpaired) electrons. The fraction of sp³-hybridized carbons (Fsp3) is 0.222. The summed E-state index contributed by atoms with van der Waals surface area (Å²) >= 11 is 0. The molecule has 0 amide bonds. The number of hydrogen-bond acceptors (Lipinski definition) is 2. The highest BCUT2D eigenvalue weighted by Crippen LogP contribution is 2.10. The van der Waals surface area contributed by atoms with E-state index in [1.54, 1.807) is 6.20 Å². The van der Waals surface area contributed by atoms with Crippen LogP contribution in [0.1, 0.15) is 18.5 Å². The van der Waals surface area contributed by atoms with Gasteiger partial charge >= 0.3 is 0 Å². The van der Waals surface area contributed by atoms with Crippen molar-refractivity contribution >= 4 is 5.52 Å². The SMILES string of the molecule is CC(N)c1ccc2ccnn2c1. The van der Waals surface area contributed by atoms with Gasteiger partial charge < -0.3 is 5.73 Å². The van der Waals surface area contributed by atoms with Gasteiger partial charge in [-0.3, -0.25) is 0 Å². The zero-order valence-electron chi connectivity index (χ0n) is 6.94. The van der Waals surface area contributed by atoms with Gasteiger partial charge in [0.15, 0.2) is 0 Å². The topological polar surface area (TPSA) is 43.3 Å². The summed E-state index contributed by atoms with van der Waals surface area (Å²) in [5.41, 5.74) is 7.93. The van der Waals surface area contributed by atoms with E-state index in [0.29, 0.717) is 0 Å². The lowest BCUT2D eigenvalue weighted by molar-refractivity contribution is 0.797. The zero-order chi connectivity index (χ0) is 8.55. The van der Waals surface area contributed by atoms with E-state index in [1.165, 1.54) is 0 Å². The zero-order valence-corrected chi connectivity index (χ0v) is 6.94. The molecule has 12 heavy (non-hydrogen) atoms. The van der Waals surface area contributed by atoms with Gasteiger partial charge in [-0.1, -0.05) is 6.07 Å². The molecule has 0 aliphatic carbocycles. The molecule has 0 saturated carbocycles. The van der Waals surface area contributed by atoms with E-state index in [9.17, 15) is 0 Å². The number of pyridine rings is 1. The average Bonchev–Trinajstić information content (AvgIpc) is 2.49. The Labute approximate surface area is 70.8 Å². The molecule has 1 atom stereocenters. The summed E-state index contributed by atoms with van der Waals surface area (Å²) in [6.45, 7) is 1.96. The third kappa shape index (κ3) is 1.08. The fourth-order valence-corrected chi connectivity index (χ4v) is 1.20. The van der Waals surface area contributed by atoms with Crippen molar-refractivity contribution in [3.05, 3.63) is 36.2 Å². The summed E-state index contributed by atoms with van der Waals surface area (Å²) in [6.07, 6.45) is 3.74. The van der Waals surface area contributed by atoms with Crippen LogP contribution < -0.4 is 5.73 Å².